The highest BCUT2D eigenvalue weighted by molar-refractivity contribution is 5.94. The van der Waals surface area contributed by atoms with Gasteiger partial charge in [-0.1, -0.05) is 35.9 Å². The third kappa shape index (κ3) is 4.19. The zero-order valence-corrected chi connectivity index (χ0v) is 17.2. The third-order valence-electron chi connectivity index (χ3n) is 5.01. The number of fused-ring (bicyclic) bond motifs is 1. The summed E-state index contributed by atoms with van der Waals surface area (Å²) >= 11 is 0. The Kier molecular flexibility index (Phi) is 5.73. The molecule has 1 heterocycles. The second kappa shape index (κ2) is 8.05. The van der Waals surface area contributed by atoms with Gasteiger partial charge >= 0.3 is 6.09 Å². The number of hydrogen-bond donors (Lipinski definition) is 1. The molecule has 1 N–H and O–H groups in total. The number of hydrogen-bond acceptors (Lipinski definition) is 3. The second-order valence-electron chi connectivity index (χ2n) is 7.77. The summed E-state index contributed by atoms with van der Waals surface area (Å²) in [5.41, 5.74) is 5.14. The first-order valence-corrected chi connectivity index (χ1v) is 9.74. The molecule has 2 atom stereocenters. The molecule has 0 saturated heterocycles. The first-order chi connectivity index (χ1) is 13.3. The Hall–Kier alpha value is -2.82. The smallest absolute Gasteiger partial charge is 0.407 e. The minimum atomic E-state index is -0.435. The van der Waals surface area contributed by atoms with E-state index in [1.165, 1.54) is 5.56 Å². The van der Waals surface area contributed by atoms with Gasteiger partial charge in [-0.05, 0) is 62.9 Å². The molecule has 5 nitrogen and oxygen atoms in total. The molecule has 1 aliphatic rings. The van der Waals surface area contributed by atoms with Gasteiger partial charge in [0.15, 0.2) is 0 Å². The third-order valence-corrected chi connectivity index (χ3v) is 5.01. The lowest BCUT2D eigenvalue weighted by atomic mass is 9.89. The number of carbonyl (C=O) groups excluding carboxylic acids is 2. The van der Waals surface area contributed by atoms with Crippen molar-refractivity contribution in [2.45, 2.75) is 59.2 Å². The number of aryl methyl sites for hydroxylation is 1. The van der Waals surface area contributed by atoms with Crippen LogP contribution in [0.5, 0.6) is 0 Å². The van der Waals surface area contributed by atoms with Gasteiger partial charge < -0.3 is 15.0 Å². The molecule has 0 fully saturated rings. The van der Waals surface area contributed by atoms with Gasteiger partial charge in [-0.25, -0.2) is 4.79 Å². The Balaban J connectivity index is 2.03. The SMILES string of the molecule is CC(=O)N1c2ccc(-c3cccc(C)c3)cc2[C@H](NC(=O)OC(C)C)C[C@@H]1C. The van der Waals surface area contributed by atoms with Crippen LogP contribution >= 0.6 is 0 Å². The lowest BCUT2D eigenvalue weighted by Gasteiger charge is -2.39. The summed E-state index contributed by atoms with van der Waals surface area (Å²) in [6, 6.07) is 14.2. The van der Waals surface area contributed by atoms with Crippen molar-refractivity contribution in [2.24, 2.45) is 0 Å². The van der Waals surface area contributed by atoms with Crippen LogP contribution in [0, 0.1) is 6.92 Å². The number of rotatable bonds is 3. The van der Waals surface area contributed by atoms with E-state index in [9.17, 15) is 9.59 Å². The van der Waals surface area contributed by atoms with Crippen LogP contribution in [-0.4, -0.2) is 24.1 Å². The summed E-state index contributed by atoms with van der Waals surface area (Å²) in [6.45, 7) is 9.29. The molecule has 5 heteroatoms. The average Bonchev–Trinajstić information content (AvgIpc) is 2.60. The van der Waals surface area contributed by atoms with E-state index in [0.29, 0.717) is 6.42 Å². The summed E-state index contributed by atoms with van der Waals surface area (Å²) in [5, 5.41) is 2.99. The van der Waals surface area contributed by atoms with Crippen molar-refractivity contribution in [1.82, 2.24) is 5.32 Å². The first kappa shape index (κ1) is 19.9. The van der Waals surface area contributed by atoms with Gasteiger partial charge in [0.2, 0.25) is 5.91 Å². The summed E-state index contributed by atoms with van der Waals surface area (Å²) in [5.74, 6) is 0.000243. The topological polar surface area (TPSA) is 58.6 Å². The van der Waals surface area contributed by atoms with E-state index in [2.05, 4.69) is 36.5 Å². The van der Waals surface area contributed by atoms with E-state index in [1.54, 1.807) is 11.8 Å². The number of ether oxygens (including phenoxy) is 1. The molecule has 0 aromatic heterocycles. The molecule has 2 aromatic rings. The summed E-state index contributed by atoms with van der Waals surface area (Å²) in [6.07, 6.45) is 0.0139. The Bertz CT molecular complexity index is 891. The van der Waals surface area contributed by atoms with Gasteiger partial charge in [-0.2, -0.15) is 0 Å². The molecule has 0 radical (unpaired) electrons. The molecule has 28 heavy (non-hydrogen) atoms. The van der Waals surface area contributed by atoms with Crippen LogP contribution in [0.25, 0.3) is 11.1 Å². The fourth-order valence-corrected chi connectivity index (χ4v) is 3.88. The number of alkyl carbamates (subject to hydrolysis) is 1. The molecule has 1 aliphatic heterocycles. The normalized spacial score (nSPS) is 18.6. The maximum atomic E-state index is 12.3. The van der Waals surface area contributed by atoms with E-state index < -0.39 is 6.09 Å². The van der Waals surface area contributed by atoms with E-state index in [0.717, 1.165) is 22.4 Å². The fourth-order valence-electron chi connectivity index (χ4n) is 3.88. The first-order valence-electron chi connectivity index (χ1n) is 9.74. The van der Waals surface area contributed by atoms with Crippen molar-refractivity contribution in [1.29, 1.82) is 0 Å². The molecular formula is C23H28N2O3. The predicted molar refractivity (Wildman–Crippen MR) is 111 cm³/mol. The Morgan fingerprint density at radius 1 is 1.14 bits per heavy atom. The lowest BCUT2D eigenvalue weighted by molar-refractivity contribution is -0.117. The molecule has 0 unspecified atom stereocenters. The summed E-state index contributed by atoms with van der Waals surface area (Å²) < 4.78 is 5.28. The quantitative estimate of drug-likeness (QED) is 0.817. The molecule has 0 saturated carbocycles. The van der Waals surface area contributed by atoms with Crippen LogP contribution in [0.15, 0.2) is 42.5 Å². The number of benzene rings is 2. The largest absolute Gasteiger partial charge is 0.447 e. The van der Waals surface area contributed by atoms with E-state index in [-0.39, 0.29) is 24.1 Å². The van der Waals surface area contributed by atoms with Gasteiger partial charge in [0.25, 0.3) is 0 Å². The highest BCUT2D eigenvalue weighted by Crippen LogP contribution is 2.39. The van der Waals surface area contributed by atoms with Crippen molar-refractivity contribution >= 4 is 17.7 Å². The Labute approximate surface area is 166 Å². The van der Waals surface area contributed by atoms with Crippen LogP contribution in [0.1, 0.15) is 51.3 Å². The van der Waals surface area contributed by atoms with E-state index in [1.807, 2.05) is 39.0 Å². The van der Waals surface area contributed by atoms with Gasteiger partial charge in [0.1, 0.15) is 0 Å². The molecule has 2 amide bonds. The van der Waals surface area contributed by atoms with Crippen molar-refractivity contribution in [2.75, 3.05) is 4.90 Å². The maximum absolute atomic E-state index is 12.3. The number of nitrogens with zero attached hydrogens (tertiary/aromatic N) is 1. The zero-order chi connectivity index (χ0) is 20.4. The molecular weight excluding hydrogens is 352 g/mol. The monoisotopic (exact) mass is 380 g/mol. The van der Waals surface area contributed by atoms with Crippen molar-refractivity contribution in [3.05, 3.63) is 53.6 Å². The minimum absolute atomic E-state index is 0.000243. The molecule has 0 bridgehead atoms. The van der Waals surface area contributed by atoms with E-state index >= 15 is 0 Å². The Morgan fingerprint density at radius 3 is 2.50 bits per heavy atom. The average molecular weight is 380 g/mol. The van der Waals surface area contributed by atoms with Crippen molar-refractivity contribution in [3.8, 4) is 11.1 Å². The zero-order valence-electron chi connectivity index (χ0n) is 17.2. The van der Waals surface area contributed by atoms with Crippen molar-refractivity contribution in [3.63, 3.8) is 0 Å². The highest BCUT2D eigenvalue weighted by Gasteiger charge is 2.33. The standard InChI is InChI=1S/C23H28N2O3/c1-14(2)28-23(27)24-21-12-16(4)25(17(5)26)22-10-9-19(13-20(21)22)18-8-6-7-15(3)11-18/h6-11,13-14,16,21H,12H2,1-5H3,(H,24,27)/t16-,21+/m0/s1. The van der Waals surface area contributed by atoms with Crippen molar-refractivity contribution < 1.29 is 14.3 Å². The summed E-state index contributed by atoms with van der Waals surface area (Å²) in [7, 11) is 0. The molecule has 2 aromatic carbocycles. The van der Waals surface area contributed by atoms with Gasteiger partial charge in [0, 0.05) is 18.7 Å². The fraction of sp³-hybridized carbons (Fsp3) is 0.391. The van der Waals surface area contributed by atoms with Gasteiger partial charge in [0.05, 0.1) is 12.1 Å². The number of anilines is 1. The van der Waals surface area contributed by atoms with Crippen LogP contribution in [0.3, 0.4) is 0 Å². The predicted octanol–water partition coefficient (Wildman–Crippen LogP) is 4.98. The molecule has 0 aliphatic carbocycles. The lowest BCUT2D eigenvalue weighted by Crippen LogP contribution is -2.45. The Morgan fingerprint density at radius 2 is 1.86 bits per heavy atom. The van der Waals surface area contributed by atoms with Crippen LogP contribution in [0.2, 0.25) is 0 Å². The number of nitrogens with one attached hydrogen (secondary N) is 1. The van der Waals surface area contributed by atoms with Crippen LogP contribution in [-0.2, 0) is 9.53 Å². The molecule has 148 valence electrons. The second-order valence-corrected chi connectivity index (χ2v) is 7.77. The van der Waals surface area contributed by atoms with Crippen LogP contribution in [0.4, 0.5) is 10.5 Å². The van der Waals surface area contributed by atoms with Gasteiger partial charge in [-0.15, -0.1) is 0 Å². The maximum Gasteiger partial charge on any atom is 0.407 e. The summed E-state index contributed by atoms with van der Waals surface area (Å²) in [4.78, 5) is 26.3. The number of carbonyl (C=O) groups is 2. The van der Waals surface area contributed by atoms with Crippen LogP contribution < -0.4 is 10.2 Å². The highest BCUT2D eigenvalue weighted by atomic mass is 16.6. The van der Waals surface area contributed by atoms with E-state index in [4.69, 9.17) is 4.74 Å². The minimum Gasteiger partial charge on any atom is -0.447 e. The molecule has 0 spiro atoms. The van der Waals surface area contributed by atoms with Gasteiger partial charge in [-0.3, -0.25) is 4.79 Å². The molecule has 3 rings (SSSR count). The number of amides is 2.